The number of rotatable bonds is 4. The summed E-state index contributed by atoms with van der Waals surface area (Å²) in [5.74, 6) is 2.49. The van der Waals surface area contributed by atoms with Crippen LogP contribution in [0, 0.1) is 0 Å². The molecular weight excluding hydrogens is 366 g/mol. The van der Waals surface area contributed by atoms with Crippen molar-refractivity contribution in [1.82, 2.24) is 19.9 Å². The standard InChI is InChI=1S/C22H25N5O2/c1-2-4-19-15(3-1)20(18(12-29-19)27-7-9-28-10-8-27)26-22-16-11-17(14-5-6-14)25-21(16)23-13-24-22/h1-4,11,13-14,18,20H,5-10,12H2,(H2,23,24,25,26). The molecule has 6 rings (SSSR count). The van der Waals surface area contributed by atoms with Crippen molar-refractivity contribution in [2.24, 2.45) is 0 Å². The number of anilines is 1. The number of morpholine rings is 1. The van der Waals surface area contributed by atoms with Gasteiger partial charge in [-0.1, -0.05) is 18.2 Å². The second-order valence-corrected chi connectivity index (χ2v) is 8.17. The van der Waals surface area contributed by atoms with Crippen molar-refractivity contribution in [3.63, 3.8) is 0 Å². The van der Waals surface area contributed by atoms with E-state index in [1.807, 2.05) is 6.07 Å². The SMILES string of the molecule is c1ccc2c(c1)OCC(N1CCOCC1)C2Nc1ncnc2[nH]c(C3CC3)cc12. The minimum Gasteiger partial charge on any atom is -0.491 e. The predicted molar refractivity (Wildman–Crippen MR) is 110 cm³/mol. The summed E-state index contributed by atoms with van der Waals surface area (Å²) in [6.45, 7) is 4.03. The maximum atomic E-state index is 6.13. The summed E-state index contributed by atoms with van der Waals surface area (Å²) >= 11 is 0. The molecule has 1 saturated heterocycles. The van der Waals surface area contributed by atoms with Gasteiger partial charge >= 0.3 is 0 Å². The highest BCUT2D eigenvalue weighted by Gasteiger charge is 2.36. The minimum absolute atomic E-state index is 0.0930. The van der Waals surface area contributed by atoms with Crippen LogP contribution in [0.15, 0.2) is 36.7 Å². The van der Waals surface area contributed by atoms with Crippen LogP contribution in [0.2, 0.25) is 0 Å². The van der Waals surface area contributed by atoms with Crippen molar-refractivity contribution in [2.45, 2.75) is 30.8 Å². The Hall–Kier alpha value is -2.64. The van der Waals surface area contributed by atoms with Crippen LogP contribution < -0.4 is 10.1 Å². The molecule has 0 radical (unpaired) electrons. The van der Waals surface area contributed by atoms with Gasteiger partial charge in [0.15, 0.2) is 0 Å². The van der Waals surface area contributed by atoms with Crippen molar-refractivity contribution in [1.29, 1.82) is 0 Å². The lowest BCUT2D eigenvalue weighted by Crippen LogP contribution is -2.52. The molecule has 0 amide bonds. The number of fused-ring (bicyclic) bond motifs is 2. The average molecular weight is 391 g/mol. The number of H-pyrrole nitrogens is 1. The first kappa shape index (κ1) is 17.2. The van der Waals surface area contributed by atoms with E-state index in [0.717, 1.165) is 48.9 Å². The van der Waals surface area contributed by atoms with Gasteiger partial charge in [0.25, 0.3) is 0 Å². The normalized spacial score (nSPS) is 24.8. The van der Waals surface area contributed by atoms with Crippen molar-refractivity contribution in [3.8, 4) is 5.75 Å². The topological polar surface area (TPSA) is 75.3 Å². The van der Waals surface area contributed by atoms with E-state index in [1.165, 1.54) is 24.1 Å². The first-order valence-electron chi connectivity index (χ1n) is 10.5. The lowest BCUT2D eigenvalue weighted by Gasteiger charge is -2.42. The molecule has 29 heavy (non-hydrogen) atoms. The van der Waals surface area contributed by atoms with Crippen LogP contribution in [-0.4, -0.2) is 58.8 Å². The first-order valence-corrected chi connectivity index (χ1v) is 10.5. The number of aromatic amines is 1. The third kappa shape index (κ3) is 3.14. The summed E-state index contributed by atoms with van der Waals surface area (Å²) < 4.78 is 11.7. The van der Waals surface area contributed by atoms with E-state index in [4.69, 9.17) is 9.47 Å². The van der Waals surface area contributed by atoms with Crippen LogP contribution in [-0.2, 0) is 4.74 Å². The highest BCUT2D eigenvalue weighted by molar-refractivity contribution is 5.88. The number of nitrogens with one attached hydrogen (secondary N) is 2. The number of aromatic nitrogens is 3. The van der Waals surface area contributed by atoms with E-state index in [9.17, 15) is 0 Å². The molecule has 1 aromatic carbocycles. The van der Waals surface area contributed by atoms with Crippen LogP contribution in [0.25, 0.3) is 11.0 Å². The number of hydrogen-bond acceptors (Lipinski definition) is 6. The largest absolute Gasteiger partial charge is 0.491 e. The van der Waals surface area contributed by atoms with E-state index in [-0.39, 0.29) is 12.1 Å². The highest BCUT2D eigenvalue weighted by atomic mass is 16.5. The molecule has 2 N–H and O–H groups in total. The van der Waals surface area contributed by atoms with Crippen molar-refractivity contribution >= 4 is 16.9 Å². The molecule has 2 fully saturated rings. The summed E-state index contributed by atoms with van der Waals surface area (Å²) in [7, 11) is 0. The Kier molecular flexibility index (Phi) is 4.16. The molecule has 2 aromatic heterocycles. The van der Waals surface area contributed by atoms with Crippen molar-refractivity contribution in [3.05, 3.63) is 47.9 Å². The van der Waals surface area contributed by atoms with Gasteiger partial charge in [-0.05, 0) is 30.9 Å². The van der Waals surface area contributed by atoms with E-state index in [0.29, 0.717) is 12.5 Å². The first-order chi connectivity index (χ1) is 14.4. The molecular formula is C22H25N5O2. The lowest BCUT2D eigenvalue weighted by molar-refractivity contribution is -0.00341. The van der Waals surface area contributed by atoms with Gasteiger partial charge in [-0.15, -0.1) is 0 Å². The summed E-state index contributed by atoms with van der Waals surface area (Å²) in [6.07, 6.45) is 4.16. The Balaban J connectivity index is 1.38. The fourth-order valence-corrected chi connectivity index (χ4v) is 4.58. The number of benzene rings is 1. The van der Waals surface area contributed by atoms with E-state index in [2.05, 4.69) is 49.4 Å². The molecule has 1 aliphatic carbocycles. The molecule has 2 aliphatic heterocycles. The zero-order valence-corrected chi connectivity index (χ0v) is 16.3. The molecule has 7 nitrogen and oxygen atoms in total. The minimum atomic E-state index is 0.0930. The number of hydrogen-bond donors (Lipinski definition) is 2. The van der Waals surface area contributed by atoms with Crippen LogP contribution in [0.5, 0.6) is 5.75 Å². The Morgan fingerprint density at radius 3 is 2.83 bits per heavy atom. The maximum Gasteiger partial charge on any atom is 0.143 e. The van der Waals surface area contributed by atoms with Gasteiger partial charge in [0.2, 0.25) is 0 Å². The zero-order chi connectivity index (χ0) is 19.2. The molecule has 3 aliphatic rings. The van der Waals surface area contributed by atoms with Gasteiger partial charge in [0, 0.05) is 24.3 Å². The molecule has 1 saturated carbocycles. The summed E-state index contributed by atoms with van der Waals surface area (Å²) in [6, 6.07) is 10.9. The molecule has 7 heteroatoms. The summed E-state index contributed by atoms with van der Waals surface area (Å²) in [5, 5.41) is 4.84. The quantitative estimate of drug-likeness (QED) is 0.712. The number of para-hydroxylation sites is 1. The zero-order valence-electron chi connectivity index (χ0n) is 16.3. The highest BCUT2D eigenvalue weighted by Crippen LogP contribution is 2.42. The summed E-state index contributed by atoms with van der Waals surface area (Å²) in [4.78, 5) is 15.0. The molecule has 3 aromatic rings. The fourth-order valence-electron chi connectivity index (χ4n) is 4.58. The number of ether oxygens (including phenoxy) is 2. The van der Waals surface area contributed by atoms with Crippen LogP contribution in [0.3, 0.4) is 0 Å². The molecule has 150 valence electrons. The van der Waals surface area contributed by atoms with E-state index < -0.39 is 0 Å². The van der Waals surface area contributed by atoms with Crippen LogP contribution in [0.1, 0.15) is 36.1 Å². The Morgan fingerprint density at radius 1 is 1.10 bits per heavy atom. The van der Waals surface area contributed by atoms with E-state index >= 15 is 0 Å². The second kappa shape index (κ2) is 7.00. The van der Waals surface area contributed by atoms with Gasteiger partial charge in [0.05, 0.1) is 30.7 Å². The van der Waals surface area contributed by atoms with Crippen LogP contribution >= 0.6 is 0 Å². The molecule has 0 spiro atoms. The van der Waals surface area contributed by atoms with Gasteiger partial charge in [-0.3, -0.25) is 4.90 Å². The number of nitrogens with zero attached hydrogens (tertiary/aromatic N) is 3. The smallest absolute Gasteiger partial charge is 0.143 e. The fraction of sp³-hybridized carbons (Fsp3) is 0.455. The monoisotopic (exact) mass is 391 g/mol. The molecule has 4 heterocycles. The van der Waals surface area contributed by atoms with Gasteiger partial charge < -0.3 is 19.8 Å². The Morgan fingerprint density at radius 2 is 1.97 bits per heavy atom. The second-order valence-electron chi connectivity index (χ2n) is 8.17. The summed E-state index contributed by atoms with van der Waals surface area (Å²) in [5.41, 5.74) is 3.37. The third-order valence-electron chi connectivity index (χ3n) is 6.32. The van der Waals surface area contributed by atoms with E-state index in [1.54, 1.807) is 6.33 Å². The van der Waals surface area contributed by atoms with Gasteiger partial charge in [-0.25, -0.2) is 9.97 Å². The predicted octanol–water partition coefficient (Wildman–Crippen LogP) is 3.08. The average Bonchev–Trinajstić information content (AvgIpc) is 3.53. The molecule has 2 unspecified atom stereocenters. The van der Waals surface area contributed by atoms with Crippen molar-refractivity contribution < 1.29 is 9.47 Å². The molecule has 0 bridgehead atoms. The van der Waals surface area contributed by atoms with Gasteiger partial charge in [0.1, 0.15) is 30.1 Å². The third-order valence-corrected chi connectivity index (χ3v) is 6.32. The van der Waals surface area contributed by atoms with Gasteiger partial charge in [-0.2, -0.15) is 0 Å². The Bertz CT molecular complexity index is 1020. The van der Waals surface area contributed by atoms with Crippen molar-refractivity contribution in [2.75, 3.05) is 38.2 Å². The maximum absolute atomic E-state index is 6.13. The Labute approximate surface area is 169 Å². The van der Waals surface area contributed by atoms with Crippen LogP contribution in [0.4, 0.5) is 5.82 Å². The molecule has 2 atom stereocenters. The lowest BCUT2D eigenvalue weighted by atomic mass is 9.94.